The molecule has 2 heterocycles. The Morgan fingerprint density at radius 2 is 2.09 bits per heavy atom. The zero-order valence-corrected chi connectivity index (χ0v) is 12.4. The number of esters is 1. The van der Waals surface area contributed by atoms with Crippen molar-refractivity contribution in [2.45, 2.75) is 6.92 Å². The van der Waals surface area contributed by atoms with Crippen molar-refractivity contribution in [2.75, 3.05) is 6.61 Å². The SMILES string of the molecule is CCOC(=O)c1nc(C#N)c2c(ccn2-c2ccccc2)c1O. The van der Waals surface area contributed by atoms with Gasteiger partial charge in [0.15, 0.2) is 17.1 Å². The van der Waals surface area contributed by atoms with Crippen molar-refractivity contribution in [3.05, 3.63) is 54.0 Å². The predicted octanol–water partition coefficient (Wildman–Crippen LogP) is 2.78. The zero-order valence-electron chi connectivity index (χ0n) is 12.4. The summed E-state index contributed by atoms with van der Waals surface area (Å²) in [4.78, 5) is 15.9. The molecule has 0 aliphatic heterocycles. The van der Waals surface area contributed by atoms with Crippen LogP contribution in [0.2, 0.25) is 0 Å². The summed E-state index contributed by atoms with van der Waals surface area (Å²) in [5.74, 6) is -1.04. The fraction of sp³-hybridized carbons (Fsp3) is 0.118. The summed E-state index contributed by atoms with van der Waals surface area (Å²) in [5.41, 5.74) is 1.07. The highest BCUT2D eigenvalue weighted by Crippen LogP contribution is 2.32. The monoisotopic (exact) mass is 307 g/mol. The third-order valence-electron chi connectivity index (χ3n) is 3.42. The number of benzene rings is 1. The second kappa shape index (κ2) is 5.81. The van der Waals surface area contributed by atoms with Gasteiger partial charge in [-0.1, -0.05) is 18.2 Å². The van der Waals surface area contributed by atoms with Gasteiger partial charge in [-0.15, -0.1) is 0 Å². The van der Waals surface area contributed by atoms with Gasteiger partial charge in [-0.05, 0) is 25.1 Å². The number of hydrogen-bond acceptors (Lipinski definition) is 5. The van der Waals surface area contributed by atoms with Gasteiger partial charge in [0.05, 0.1) is 12.1 Å². The first-order valence-electron chi connectivity index (χ1n) is 7.04. The highest BCUT2D eigenvalue weighted by Gasteiger charge is 2.22. The van der Waals surface area contributed by atoms with Gasteiger partial charge in [0.1, 0.15) is 6.07 Å². The van der Waals surface area contributed by atoms with Crippen molar-refractivity contribution in [2.24, 2.45) is 0 Å². The molecule has 3 rings (SSSR count). The highest BCUT2D eigenvalue weighted by molar-refractivity contribution is 6.00. The van der Waals surface area contributed by atoms with Gasteiger partial charge >= 0.3 is 5.97 Å². The van der Waals surface area contributed by atoms with Crippen molar-refractivity contribution >= 4 is 16.9 Å². The number of nitrogens with zero attached hydrogens (tertiary/aromatic N) is 3. The summed E-state index contributed by atoms with van der Waals surface area (Å²) in [5, 5.41) is 20.1. The molecule has 0 spiro atoms. The Balaban J connectivity index is 2.28. The molecule has 2 aromatic heterocycles. The molecule has 0 atom stereocenters. The molecule has 6 heteroatoms. The number of rotatable bonds is 3. The molecule has 0 saturated heterocycles. The number of carbonyl (C=O) groups excluding carboxylic acids is 1. The average molecular weight is 307 g/mol. The maximum Gasteiger partial charge on any atom is 0.360 e. The molecule has 1 N–H and O–H groups in total. The minimum atomic E-state index is -0.754. The van der Waals surface area contributed by atoms with Gasteiger partial charge in [-0.3, -0.25) is 0 Å². The van der Waals surface area contributed by atoms with Crippen molar-refractivity contribution in [1.29, 1.82) is 5.26 Å². The molecule has 0 unspecified atom stereocenters. The standard InChI is InChI=1S/C17H13N3O3/c1-2-23-17(22)14-16(21)12-8-9-20(11-6-4-3-5-7-11)15(12)13(10-18)19-14/h3-9,21H,2H2,1H3. The van der Waals surface area contributed by atoms with Crippen LogP contribution in [0.25, 0.3) is 16.6 Å². The normalized spacial score (nSPS) is 10.4. The molecular formula is C17H13N3O3. The van der Waals surface area contributed by atoms with E-state index in [9.17, 15) is 15.2 Å². The Morgan fingerprint density at radius 3 is 2.74 bits per heavy atom. The Hall–Kier alpha value is -3.33. The van der Waals surface area contributed by atoms with E-state index in [-0.39, 0.29) is 23.7 Å². The number of fused-ring (bicyclic) bond motifs is 1. The van der Waals surface area contributed by atoms with Gasteiger partial charge < -0.3 is 14.4 Å². The fourth-order valence-electron chi connectivity index (χ4n) is 2.43. The summed E-state index contributed by atoms with van der Waals surface area (Å²) < 4.78 is 6.62. The van der Waals surface area contributed by atoms with Gasteiger partial charge in [0.2, 0.25) is 0 Å². The number of aromatic hydroxyl groups is 1. The minimum Gasteiger partial charge on any atom is -0.505 e. The van der Waals surface area contributed by atoms with Crippen LogP contribution in [-0.2, 0) is 4.74 Å². The molecule has 0 fully saturated rings. The molecule has 0 saturated carbocycles. The number of carbonyl (C=O) groups is 1. The minimum absolute atomic E-state index is 0.0507. The molecular weight excluding hydrogens is 294 g/mol. The predicted molar refractivity (Wildman–Crippen MR) is 83.4 cm³/mol. The zero-order chi connectivity index (χ0) is 16.4. The largest absolute Gasteiger partial charge is 0.505 e. The second-order valence-corrected chi connectivity index (χ2v) is 4.77. The first kappa shape index (κ1) is 14.6. The number of aromatic nitrogens is 2. The van der Waals surface area contributed by atoms with E-state index in [1.807, 2.05) is 36.4 Å². The first-order chi connectivity index (χ1) is 11.2. The van der Waals surface area contributed by atoms with Crippen LogP contribution in [0.1, 0.15) is 23.1 Å². The Kier molecular flexibility index (Phi) is 3.69. The highest BCUT2D eigenvalue weighted by atomic mass is 16.5. The molecule has 0 bridgehead atoms. The van der Waals surface area contributed by atoms with E-state index in [4.69, 9.17) is 4.74 Å². The van der Waals surface area contributed by atoms with Gasteiger partial charge in [0, 0.05) is 17.3 Å². The van der Waals surface area contributed by atoms with Crippen molar-refractivity contribution in [3.8, 4) is 17.5 Å². The third-order valence-corrected chi connectivity index (χ3v) is 3.42. The van der Waals surface area contributed by atoms with E-state index >= 15 is 0 Å². The van der Waals surface area contributed by atoms with Crippen molar-refractivity contribution < 1.29 is 14.6 Å². The number of nitriles is 1. The Morgan fingerprint density at radius 1 is 1.35 bits per heavy atom. The summed E-state index contributed by atoms with van der Waals surface area (Å²) in [6, 6.07) is 13.0. The van der Waals surface area contributed by atoms with E-state index in [0.29, 0.717) is 10.9 Å². The molecule has 114 valence electrons. The van der Waals surface area contributed by atoms with Crippen LogP contribution in [0, 0.1) is 11.3 Å². The fourth-order valence-corrected chi connectivity index (χ4v) is 2.43. The molecule has 23 heavy (non-hydrogen) atoms. The van der Waals surface area contributed by atoms with Crippen LogP contribution < -0.4 is 0 Å². The number of pyridine rings is 1. The van der Waals surface area contributed by atoms with E-state index in [1.54, 1.807) is 23.8 Å². The van der Waals surface area contributed by atoms with Crippen LogP contribution in [0.4, 0.5) is 0 Å². The number of para-hydroxylation sites is 1. The molecule has 3 aromatic rings. The lowest BCUT2D eigenvalue weighted by Crippen LogP contribution is -2.09. The van der Waals surface area contributed by atoms with Crippen LogP contribution in [0.3, 0.4) is 0 Å². The van der Waals surface area contributed by atoms with E-state index in [0.717, 1.165) is 5.69 Å². The number of hydrogen-bond donors (Lipinski definition) is 1. The lowest BCUT2D eigenvalue weighted by Gasteiger charge is -2.09. The van der Waals surface area contributed by atoms with E-state index in [1.165, 1.54) is 0 Å². The topological polar surface area (TPSA) is 88.1 Å². The lowest BCUT2D eigenvalue weighted by molar-refractivity contribution is 0.0516. The van der Waals surface area contributed by atoms with Crippen LogP contribution in [0.5, 0.6) is 5.75 Å². The first-order valence-corrected chi connectivity index (χ1v) is 7.04. The van der Waals surface area contributed by atoms with Crippen molar-refractivity contribution in [3.63, 3.8) is 0 Å². The molecule has 1 aromatic carbocycles. The molecule has 0 radical (unpaired) electrons. The van der Waals surface area contributed by atoms with E-state index < -0.39 is 5.97 Å². The molecule has 6 nitrogen and oxygen atoms in total. The average Bonchev–Trinajstić information content (AvgIpc) is 3.02. The van der Waals surface area contributed by atoms with Crippen LogP contribution in [-0.4, -0.2) is 27.2 Å². The second-order valence-electron chi connectivity index (χ2n) is 4.77. The van der Waals surface area contributed by atoms with Gasteiger partial charge in [-0.2, -0.15) is 5.26 Å². The summed E-state index contributed by atoms with van der Waals surface area (Å²) in [6.07, 6.45) is 1.72. The van der Waals surface area contributed by atoms with E-state index in [2.05, 4.69) is 4.98 Å². The van der Waals surface area contributed by atoms with Crippen LogP contribution in [0.15, 0.2) is 42.6 Å². The van der Waals surface area contributed by atoms with Crippen LogP contribution >= 0.6 is 0 Å². The molecule has 0 aliphatic carbocycles. The number of ether oxygens (including phenoxy) is 1. The molecule has 0 aliphatic rings. The quantitative estimate of drug-likeness (QED) is 0.752. The summed E-state index contributed by atoms with van der Waals surface area (Å²) in [7, 11) is 0. The lowest BCUT2D eigenvalue weighted by atomic mass is 10.2. The summed E-state index contributed by atoms with van der Waals surface area (Å²) in [6.45, 7) is 1.81. The smallest absolute Gasteiger partial charge is 0.360 e. The Labute approximate surface area is 132 Å². The van der Waals surface area contributed by atoms with Gasteiger partial charge in [-0.25, -0.2) is 9.78 Å². The summed E-state index contributed by atoms with van der Waals surface area (Å²) >= 11 is 0. The van der Waals surface area contributed by atoms with Crippen molar-refractivity contribution in [1.82, 2.24) is 9.55 Å². The Bertz CT molecular complexity index is 924. The third kappa shape index (κ3) is 2.38. The van der Waals surface area contributed by atoms with Gasteiger partial charge in [0.25, 0.3) is 0 Å². The maximum atomic E-state index is 11.9. The maximum absolute atomic E-state index is 11.9. The molecule has 0 amide bonds.